The van der Waals surface area contributed by atoms with Gasteiger partial charge in [0.1, 0.15) is 5.54 Å². The Bertz CT molecular complexity index is 1240. The quantitative estimate of drug-likeness (QED) is 0.484. The first kappa shape index (κ1) is 23.6. The Kier molecular flexibility index (Phi) is 5.76. The van der Waals surface area contributed by atoms with Crippen LogP contribution in [-0.4, -0.2) is 63.6 Å². The first-order valence-corrected chi connectivity index (χ1v) is 12.1. The lowest BCUT2D eigenvalue weighted by molar-refractivity contribution is -0.137. The summed E-state index contributed by atoms with van der Waals surface area (Å²) in [4.78, 5) is 53.0. The zero-order chi connectivity index (χ0) is 25.0. The smallest absolute Gasteiger partial charge is 0.324 e. The molecule has 2 aromatic rings. The van der Waals surface area contributed by atoms with E-state index in [1.54, 1.807) is 13.1 Å². The number of alkyl halides is 2. The molecule has 2 atom stereocenters. The monoisotopic (exact) mass is 514 g/mol. The molecular formula is C25H24Cl2N4O4. The summed E-state index contributed by atoms with van der Waals surface area (Å²) < 4.78 is -1.60. The average molecular weight is 515 g/mol. The molecule has 0 radical (unpaired) electrons. The Balaban J connectivity index is 1.28. The highest BCUT2D eigenvalue weighted by Crippen LogP contribution is 2.41. The fraction of sp³-hybridized carbons (Fsp3) is 0.360. The fourth-order valence-corrected chi connectivity index (χ4v) is 5.89. The van der Waals surface area contributed by atoms with Crippen LogP contribution in [-0.2, 0) is 27.2 Å². The molecule has 182 valence electrons. The van der Waals surface area contributed by atoms with Gasteiger partial charge in [-0.15, -0.1) is 0 Å². The van der Waals surface area contributed by atoms with E-state index in [1.165, 1.54) is 9.80 Å². The van der Waals surface area contributed by atoms with Gasteiger partial charge in [-0.2, -0.15) is 0 Å². The molecule has 0 bridgehead atoms. The van der Waals surface area contributed by atoms with Crippen molar-refractivity contribution in [2.24, 2.45) is 0 Å². The van der Waals surface area contributed by atoms with Gasteiger partial charge in [0, 0.05) is 38.0 Å². The number of piperidine rings is 1. The van der Waals surface area contributed by atoms with Gasteiger partial charge in [0.15, 0.2) is 4.33 Å². The number of imide groups is 1. The van der Waals surface area contributed by atoms with Crippen LogP contribution in [0.25, 0.3) is 0 Å². The van der Waals surface area contributed by atoms with Gasteiger partial charge >= 0.3 is 6.03 Å². The van der Waals surface area contributed by atoms with Crippen molar-refractivity contribution in [1.29, 1.82) is 0 Å². The fourth-order valence-electron chi connectivity index (χ4n) is 5.28. The highest BCUT2D eigenvalue weighted by atomic mass is 35.5. The number of fused-ring (bicyclic) bond motifs is 1. The Morgan fingerprint density at radius 3 is 2.49 bits per heavy atom. The Morgan fingerprint density at radius 1 is 1.09 bits per heavy atom. The lowest BCUT2D eigenvalue weighted by atomic mass is 9.89. The predicted molar refractivity (Wildman–Crippen MR) is 131 cm³/mol. The third-order valence-electron chi connectivity index (χ3n) is 7.19. The van der Waals surface area contributed by atoms with Crippen LogP contribution >= 0.6 is 23.2 Å². The van der Waals surface area contributed by atoms with Gasteiger partial charge in [0.05, 0.1) is 6.54 Å². The van der Waals surface area contributed by atoms with Crippen LogP contribution in [0.2, 0.25) is 0 Å². The molecule has 8 nitrogen and oxygen atoms in total. The van der Waals surface area contributed by atoms with Crippen LogP contribution < -0.4 is 10.6 Å². The highest BCUT2D eigenvalue weighted by molar-refractivity contribution is 6.58. The molecule has 0 saturated carbocycles. The molecule has 2 saturated heterocycles. The number of benzene rings is 2. The van der Waals surface area contributed by atoms with E-state index in [1.807, 2.05) is 42.5 Å². The maximum absolute atomic E-state index is 12.9. The number of urea groups is 1. The second kappa shape index (κ2) is 8.53. The normalized spacial score (nSPS) is 25.1. The molecule has 2 aromatic carbocycles. The SMILES string of the molecule is CN1C(=O)NC(=O)[C@]12Cc1ccc(NC(=O)CN3C[C@@H](c4ccccc4)CC(Cl)(Cl)C3=O)cc1C2. The number of nitrogens with one attached hydrogen (secondary N) is 2. The number of nitrogens with zero attached hydrogens (tertiary/aromatic N) is 2. The largest absolute Gasteiger partial charge is 0.330 e. The van der Waals surface area contributed by atoms with E-state index < -0.39 is 21.8 Å². The van der Waals surface area contributed by atoms with Gasteiger partial charge in [-0.05, 0) is 35.2 Å². The van der Waals surface area contributed by atoms with Crippen molar-refractivity contribution >= 4 is 52.6 Å². The summed E-state index contributed by atoms with van der Waals surface area (Å²) >= 11 is 12.7. The summed E-state index contributed by atoms with van der Waals surface area (Å²) in [6, 6.07) is 14.6. The van der Waals surface area contributed by atoms with Crippen LogP contribution in [0, 0.1) is 0 Å². The lowest BCUT2D eigenvalue weighted by Crippen LogP contribution is -2.52. The second-order valence-corrected chi connectivity index (χ2v) is 10.9. The van der Waals surface area contributed by atoms with Gasteiger partial charge in [0.2, 0.25) is 5.91 Å². The summed E-state index contributed by atoms with van der Waals surface area (Å²) in [6.45, 7) is 0.143. The van der Waals surface area contributed by atoms with Crippen molar-refractivity contribution in [1.82, 2.24) is 15.1 Å². The van der Waals surface area contributed by atoms with E-state index in [0.717, 1.165) is 16.7 Å². The van der Waals surface area contributed by atoms with Crippen LogP contribution in [0.4, 0.5) is 10.5 Å². The van der Waals surface area contributed by atoms with E-state index in [9.17, 15) is 19.2 Å². The molecule has 0 unspecified atom stereocenters. The van der Waals surface area contributed by atoms with Crippen LogP contribution in [0.1, 0.15) is 29.0 Å². The number of anilines is 1. The minimum absolute atomic E-state index is 0.0925. The number of likely N-dealkylation sites (tertiary alicyclic amines) is 1. The van der Waals surface area contributed by atoms with Crippen LogP contribution in [0.15, 0.2) is 48.5 Å². The van der Waals surface area contributed by atoms with E-state index in [4.69, 9.17) is 23.2 Å². The van der Waals surface area contributed by atoms with E-state index >= 15 is 0 Å². The molecule has 5 rings (SSSR count). The van der Waals surface area contributed by atoms with Crippen molar-refractivity contribution in [2.45, 2.75) is 35.1 Å². The zero-order valence-corrected chi connectivity index (χ0v) is 20.5. The topological polar surface area (TPSA) is 98.8 Å². The highest BCUT2D eigenvalue weighted by Gasteiger charge is 2.54. The lowest BCUT2D eigenvalue weighted by Gasteiger charge is -2.38. The number of halogens is 2. The van der Waals surface area contributed by atoms with Gasteiger partial charge in [-0.25, -0.2) is 4.79 Å². The first-order valence-electron chi connectivity index (χ1n) is 11.3. The first-order chi connectivity index (χ1) is 16.6. The maximum atomic E-state index is 12.9. The van der Waals surface area contributed by atoms with E-state index in [-0.39, 0.29) is 30.7 Å². The predicted octanol–water partition coefficient (Wildman–Crippen LogP) is 2.83. The number of carbonyl (C=O) groups is 4. The molecule has 2 N–H and O–H groups in total. The molecule has 5 amide bonds. The molecule has 3 aliphatic rings. The summed E-state index contributed by atoms with van der Waals surface area (Å²) in [7, 11) is 1.61. The average Bonchev–Trinajstić information content (AvgIpc) is 3.30. The number of rotatable bonds is 4. The molecule has 35 heavy (non-hydrogen) atoms. The van der Waals surface area contributed by atoms with Crippen LogP contribution in [0.5, 0.6) is 0 Å². The molecular weight excluding hydrogens is 491 g/mol. The number of carbonyl (C=O) groups excluding carboxylic acids is 4. The van der Waals surface area contributed by atoms with Crippen molar-refractivity contribution in [3.8, 4) is 0 Å². The molecule has 0 aromatic heterocycles. The minimum atomic E-state index is -1.60. The van der Waals surface area contributed by atoms with Gasteiger partial charge < -0.3 is 15.1 Å². The molecule has 2 aliphatic heterocycles. The number of hydrogen-bond donors (Lipinski definition) is 2. The molecule has 10 heteroatoms. The number of hydrogen-bond acceptors (Lipinski definition) is 4. The van der Waals surface area contributed by atoms with Crippen molar-refractivity contribution < 1.29 is 19.2 Å². The summed E-state index contributed by atoms with van der Waals surface area (Å²) in [5.41, 5.74) is 2.45. The van der Waals surface area contributed by atoms with Crippen LogP contribution in [0.3, 0.4) is 0 Å². The third-order valence-corrected chi connectivity index (χ3v) is 7.83. The zero-order valence-electron chi connectivity index (χ0n) is 19.0. The number of likely N-dealkylation sites (N-methyl/N-ethyl adjacent to an activating group) is 1. The minimum Gasteiger partial charge on any atom is -0.330 e. The molecule has 2 heterocycles. The molecule has 1 spiro atoms. The van der Waals surface area contributed by atoms with Gasteiger partial charge in [-0.1, -0.05) is 59.6 Å². The van der Waals surface area contributed by atoms with E-state index in [2.05, 4.69) is 10.6 Å². The van der Waals surface area contributed by atoms with Crippen molar-refractivity contribution in [3.05, 3.63) is 65.2 Å². The summed E-state index contributed by atoms with van der Waals surface area (Å²) in [5.74, 6) is -1.27. The van der Waals surface area contributed by atoms with Gasteiger partial charge in [-0.3, -0.25) is 19.7 Å². The van der Waals surface area contributed by atoms with Gasteiger partial charge in [0.25, 0.3) is 11.8 Å². The Labute approximate surface area is 212 Å². The van der Waals surface area contributed by atoms with Crippen molar-refractivity contribution in [2.75, 3.05) is 25.5 Å². The summed E-state index contributed by atoms with van der Waals surface area (Å²) in [6.07, 6.45) is 1.06. The summed E-state index contributed by atoms with van der Waals surface area (Å²) in [5, 5.41) is 5.20. The Morgan fingerprint density at radius 2 is 1.80 bits per heavy atom. The Hall–Kier alpha value is -3.10. The molecule has 2 fully saturated rings. The third kappa shape index (κ3) is 4.15. The van der Waals surface area contributed by atoms with Crippen molar-refractivity contribution in [3.63, 3.8) is 0 Å². The molecule has 1 aliphatic carbocycles. The van der Waals surface area contributed by atoms with E-state index in [0.29, 0.717) is 25.1 Å². The number of amides is 5. The second-order valence-electron chi connectivity index (χ2n) is 9.44. The standard InChI is InChI=1S/C25H24Cl2N4O4/c1-30-23(35)29-21(33)24(30)10-16-7-8-19(9-17(16)11-24)28-20(32)14-31-13-18(12-25(26,27)22(31)34)15-5-3-2-4-6-15/h2-9,18H,10-14H2,1H3,(H,28,32)(H,29,33,35)/t18-,24+/m0/s1. The maximum Gasteiger partial charge on any atom is 0.324 e.